The second kappa shape index (κ2) is 4.97. The summed E-state index contributed by atoms with van der Waals surface area (Å²) in [6.45, 7) is 2.64. The van der Waals surface area contributed by atoms with Gasteiger partial charge in [-0.05, 0) is 35.4 Å². The number of hydrogen-bond acceptors (Lipinski definition) is 3. The van der Waals surface area contributed by atoms with Crippen molar-refractivity contribution in [3.63, 3.8) is 0 Å². The Morgan fingerprint density at radius 2 is 2.12 bits per heavy atom. The number of hydrogen-bond donors (Lipinski definition) is 1. The molecule has 3 heteroatoms. The molecule has 0 amide bonds. The maximum Gasteiger partial charge on any atom is 0.338 e. The van der Waals surface area contributed by atoms with E-state index in [4.69, 9.17) is 10.5 Å². The molecule has 0 radical (unpaired) electrons. The van der Waals surface area contributed by atoms with Crippen LogP contribution in [0.25, 0.3) is 10.8 Å². The molecule has 0 spiro atoms. The fourth-order valence-electron chi connectivity index (χ4n) is 1.86. The molecule has 3 nitrogen and oxygen atoms in total. The Bertz CT molecular complexity index is 549. The van der Waals surface area contributed by atoms with Crippen LogP contribution in [0.3, 0.4) is 0 Å². The average molecular weight is 229 g/mol. The quantitative estimate of drug-likeness (QED) is 0.822. The maximum atomic E-state index is 11.6. The van der Waals surface area contributed by atoms with Crippen molar-refractivity contribution in [1.82, 2.24) is 0 Å². The number of benzene rings is 2. The van der Waals surface area contributed by atoms with Crippen molar-refractivity contribution in [2.45, 2.75) is 13.5 Å². The van der Waals surface area contributed by atoms with Crippen LogP contribution in [-0.4, -0.2) is 12.6 Å². The summed E-state index contributed by atoms with van der Waals surface area (Å²) >= 11 is 0. The summed E-state index contributed by atoms with van der Waals surface area (Å²) < 4.78 is 4.98. The van der Waals surface area contributed by atoms with Crippen LogP contribution in [0.2, 0.25) is 0 Å². The summed E-state index contributed by atoms with van der Waals surface area (Å²) in [4.78, 5) is 11.6. The first-order chi connectivity index (χ1) is 8.26. The Labute approximate surface area is 100 Å². The van der Waals surface area contributed by atoms with Crippen LogP contribution in [0, 0.1) is 0 Å². The Hall–Kier alpha value is -1.87. The molecule has 0 aliphatic carbocycles. The number of carbonyl (C=O) groups excluding carboxylic acids is 1. The molecule has 88 valence electrons. The lowest BCUT2D eigenvalue weighted by Crippen LogP contribution is -2.05. The van der Waals surface area contributed by atoms with Crippen molar-refractivity contribution >= 4 is 16.7 Å². The van der Waals surface area contributed by atoms with Crippen LogP contribution >= 0.6 is 0 Å². The van der Waals surface area contributed by atoms with E-state index in [1.807, 2.05) is 30.3 Å². The lowest BCUT2D eigenvalue weighted by atomic mass is 10.0. The Kier molecular flexibility index (Phi) is 3.40. The van der Waals surface area contributed by atoms with Crippen molar-refractivity contribution in [2.75, 3.05) is 6.61 Å². The van der Waals surface area contributed by atoms with Crippen molar-refractivity contribution in [3.05, 3.63) is 47.5 Å². The molecule has 0 unspecified atom stereocenters. The first kappa shape index (κ1) is 11.6. The lowest BCUT2D eigenvalue weighted by molar-refractivity contribution is 0.0526. The zero-order chi connectivity index (χ0) is 12.3. The van der Waals surface area contributed by atoms with Gasteiger partial charge >= 0.3 is 5.97 Å². The predicted octanol–water partition coefficient (Wildman–Crippen LogP) is 2.48. The van der Waals surface area contributed by atoms with Crippen LogP contribution < -0.4 is 5.73 Å². The van der Waals surface area contributed by atoms with Gasteiger partial charge in [0.05, 0.1) is 12.2 Å². The van der Waals surface area contributed by atoms with Gasteiger partial charge in [0, 0.05) is 6.54 Å². The minimum Gasteiger partial charge on any atom is -0.462 e. The molecule has 0 bridgehead atoms. The van der Waals surface area contributed by atoms with Crippen LogP contribution in [-0.2, 0) is 11.3 Å². The summed E-state index contributed by atoms with van der Waals surface area (Å²) in [5, 5.41) is 2.10. The van der Waals surface area contributed by atoms with E-state index in [1.54, 1.807) is 13.0 Å². The molecular weight excluding hydrogens is 214 g/mol. The number of ether oxygens (including phenoxy) is 1. The average Bonchev–Trinajstić information content (AvgIpc) is 2.37. The third-order valence-electron chi connectivity index (χ3n) is 2.70. The van der Waals surface area contributed by atoms with E-state index in [2.05, 4.69) is 0 Å². The zero-order valence-electron chi connectivity index (χ0n) is 9.77. The van der Waals surface area contributed by atoms with Crippen molar-refractivity contribution < 1.29 is 9.53 Å². The Balaban J connectivity index is 2.52. The van der Waals surface area contributed by atoms with Gasteiger partial charge in [-0.25, -0.2) is 4.79 Å². The van der Waals surface area contributed by atoms with Crippen LogP contribution in [0.4, 0.5) is 0 Å². The van der Waals surface area contributed by atoms with E-state index in [0.717, 1.165) is 16.3 Å². The van der Waals surface area contributed by atoms with E-state index in [1.165, 1.54) is 0 Å². The van der Waals surface area contributed by atoms with Gasteiger partial charge in [-0.15, -0.1) is 0 Å². The van der Waals surface area contributed by atoms with Gasteiger partial charge in [0.15, 0.2) is 0 Å². The maximum absolute atomic E-state index is 11.6. The van der Waals surface area contributed by atoms with Gasteiger partial charge in [-0.3, -0.25) is 0 Å². The van der Waals surface area contributed by atoms with Gasteiger partial charge in [0.1, 0.15) is 0 Å². The van der Waals surface area contributed by atoms with Gasteiger partial charge < -0.3 is 10.5 Å². The molecule has 2 aromatic rings. The molecule has 0 aromatic heterocycles. The highest BCUT2D eigenvalue weighted by atomic mass is 16.5. The summed E-state index contributed by atoms with van der Waals surface area (Å²) in [7, 11) is 0. The molecule has 0 atom stereocenters. The number of nitrogens with two attached hydrogens (primary N) is 1. The monoisotopic (exact) mass is 229 g/mol. The fourth-order valence-corrected chi connectivity index (χ4v) is 1.86. The zero-order valence-corrected chi connectivity index (χ0v) is 9.77. The molecule has 0 aliphatic rings. The molecule has 17 heavy (non-hydrogen) atoms. The second-order valence-corrected chi connectivity index (χ2v) is 3.78. The predicted molar refractivity (Wildman–Crippen MR) is 67.8 cm³/mol. The SMILES string of the molecule is CCOC(=O)c1ccc2cccc(CN)c2c1. The van der Waals surface area contributed by atoms with E-state index in [-0.39, 0.29) is 5.97 Å². The number of rotatable bonds is 3. The van der Waals surface area contributed by atoms with Crippen LogP contribution in [0.15, 0.2) is 36.4 Å². The third-order valence-corrected chi connectivity index (χ3v) is 2.70. The molecular formula is C14H15NO2. The summed E-state index contributed by atoms with van der Waals surface area (Å²) in [6, 6.07) is 11.5. The Morgan fingerprint density at radius 1 is 1.29 bits per heavy atom. The molecule has 0 saturated carbocycles. The van der Waals surface area contributed by atoms with Crippen molar-refractivity contribution in [2.24, 2.45) is 5.73 Å². The minimum atomic E-state index is -0.291. The molecule has 2 N–H and O–H groups in total. The van der Waals surface area contributed by atoms with Crippen LogP contribution in [0.5, 0.6) is 0 Å². The highest BCUT2D eigenvalue weighted by Gasteiger charge is 2.08. The number of fused-ring (bicyclic) bond motifs is 1. The molecule has 0 aliphatic heterocycles. The highest BCUT2D eigenvalue weighted by molar-refractivity contribution is 5.96. The lowest BCUT2D eigenvalue weighted by Gasteiger charge is -2.06. The molecule has 0 saturated heterocycles. The minimum absolute atomic E-state index is 0.291. The highest BCUT2D eigenvalue weighted by Crippen LogP contribution is 2.20. The third kappa shape index (κ3) is 2.29. The van der Waals surface area contributed by atoms with Gasteiger partial charge in [-0.1, -0.05) is 24.3 Å². The molecule has 2 aromatic carbocycles. The van der Waals surface area contributed by atoms with Crippen molar-refractivity contribution in [1.29, 1.82) is 0 Å². The standard InChI is InChI=1S/C14H15NO2/c1-2-17-14(16)11-7-6-10-4-3-5-12(9-15)13(10)8-11/h3-8H,2,9,15H2,1H3. The van der Waals surface area contributed by atoms with Crippen LogP contribution in [0.1, 0.15) is 22.8 Å². The van der Waals surface area contributed by atoms with E-state index < -0.39 is 0 Å². The summed E-state index contributed by atoms with van der Waals surface area (Å²) in [5.74, 6) is -0.291. The fraction of sp³-hybridized carbons (Fsp3) is 0.214. The van der Waals surface area contributed by atoms with E-state index >= 15 is 0 Å². The normalized spacial score (nSPS) is 10.5. The van der Waals surface area contributed by atoms with Gasteiger partial charge in [0.25, 0.3) is 0 Å². The van der Waals surface area contributed by atoms with E-state index in [9.17, 15) is 4.79 Å². The smallest absolute Gasteiger partial charge is 0.338 e. The number of carbonyl (C=O) groups is 1. The first-order valence-corrected chi connectivity index (χ1v) is 5.65. The van der Waals surface area contributed by atoms with Gasteiger partial charge in [-0.2, -0.15) is 0 Å². The molecule has 0 heterocycles. The Morgan fingerprint density at radius 3 is 2.82 bits per heavy atom. The number of esters is 1. The summed E-state index contributed by atoms with van der Waals surface area (Å²) in [6.07, 6.45) is 0. The second-order valence-electron chi connectivity index (χ2n) is 3.78. The molecule has 2 rings (SSSR count). The molecule has 0 fully saturated rings. The van der Waals surface area contributed by atoms with E-state index in [0.29, 0.717) is 18.7 Å². The van der Waals surface area contributed by atoms with Gasteiger partial charge in [0.2, 0.25) is 0 Å². The van der Waals surface area contributed by atoms with Crippen molar-refractivity contribution in [3.8, 4) is 0 Å². The summed E-state index contributed by atoms with van der Waals surface area (Å²) in [5.41, 5.74) is 7.29. The topological polar surface area (TPSA) is 52.3 Å². The first-order valence-electron chi connectivity index (χ1n) is 5.65. The largest absolute Gasteiger partial charge is 0.462 e.